The standard InChI is InChI=1S/C7H8F2O/c8-7(9)4-2-1-3-5(10)6(4)7/h4,6H,1-3H2. The molecule has 0 N–H and O–H groups in total. The molecule has 0 saturated heterocycles. The van der Waals surface area contributed by atoms with Gasteiger partial charge >= 0.3 is 0 Å². The number of rotatable bonds is 0. The van der Waals surface area contributed by atoms with Crippen molar-refractivity contribution < 1.29 is 13.6 Å². The maximum atomic E-state index is 12.5. The van der Waals surface area contributed by atoms with Crippen molar-refractivity contribution in [2.24, 2.45) is 11.8 Å². The first kappa shape index (κ1) is 6.25. The summed E-state index contributed by atoms with van der Waals surface area (Å²) in [5, 5.41) is 0. The molecule has 0 aromatic rings. The Balaban J connectivity index is 2.18. The molecule has 2 saturated carbocycles. The Morgan fingerprint density at radius 2 is 2.20 bits per heavy atom. The molecule has 0 spiro atoms. The second-order valence-electron chi connectivity index (χ2n) is 3.12. The minimum atomic E-state index is -2.63. The molecule has 0 aromatic carbocycles. The lowest BCUT2D eigenvalue weighted by Gasteiger charge is -2.02. The van der Waals surface area contributed by atoms with Crippen LogP contribution in [0.25, 0.3) is 0 Å². The topological polar surface area (TPSA) is 17.1 Å². The van der Waals surface area contributed by atoms with Gasteiger partial charge in [0.15, 0.2) is 0 Å². The normalized spacial score (nSPS) is 42.8. The molecule has 0 aliphatic heterocycles. The van der Waals surface area contributed by atoms with E-state index in [0.717, 1.165) is 0 Å². The van der Waals surface area contributed by atoms with E-state index in [1.165, 1.54) is 0 Å². The lowest BCUT2D eigenvalue weighted by molar-refractivity contribution is -0.122. The van der Waals surface area contributed by atoms with Crippen molar-refractivity contribution in [2.75, 3.05) is 0 Å². The summed E-state index contributed by atoms with van der Waals surface area (Å²) in [5.41, 5.74) is 0. The van der Waals surface area contributed by atoms with Gasteiger partial charge in [0.25, 0.3) is 5.92 Å². The first-order chi connectivity index (χ1) is 4.64. The van der Waals surface area contributed by atoms with Crippen molar-refractivity contribution in [2.45, 2.75) is 25.2 Å². The first-order valence-corrected chi connectivity index (χ1v) is 3.54. The Labute approximate surface area is 57.4 Å². The molecule has 0 radical (unpaired) electrons. The molecular weight excluding hydrogens is 138 g/mol. The van der Waals surface area contributed by atoms with Crippen molar-refractivity contribution in [1.29, 1.82) is 0 Å². The SMILES string of the molecule is O=C1CCCC2C1C2(F)F. The highest BCUT2D eigenvalue weighted by molar-refractivity contribution is 5.86. The fourth-order valence-electron chi connectivity index (χ4n) is 1.84. The number of hydrogen-bond donors (Lipinski definition) is 0. The number of hydrogen-bond acceptors (Lipinski definition) is 1. The van der Waals surface area contributed by atoms with Crippen LogP contribution in [0.4, 0.5) is 8.78 Å². The number of Topliss-reactive ketones (excluding diaryl/α,β-unsaturated/α-hetero) is 1. The van der Waals surface area contributed by atoms with E-state index in [9.17, 15) is 13.6 Å². The third kappa shape index (κ3) is 0.580. The molecule has 2 fully saturated rings. The summed E-state index contributed by atoms with van der Waals surface area (Å²) in [6, 6.07) is 0. The Kier molecular flexibility index (Phi) is 0.984. The lowest BCUT2D eigenvalue weighted by Crippen LogP contribution is -2.08. The summed E-state index contributed by atoms with van der Waals surface area (Å²) in [6.45, 7) is 0. The van der Waals surface area contributed by atoms with Gasteiger partial charge in [-0.1, -0.05) is 0 Å². The van der Waals surface area contributed by atoms with E-state index < -0.39 is 17.8 Å². The van der Waals surface area contributed by atoms with Crippen LogP contribution >= 0.6 is 0 Å². The molecular formula is C7H8F2O. The van der Waals surface area contributed by atoms with E-state index in [-0.39, 0.29) is 5.78 Å². The summed E-state index contributed by atoms with van der Waals surface area (Å²) in [4.78, 5) is 10.8. The predicted octanol–water partition coefficient (Wildman–Crippen LogP) is 1.62. The summed E-state index contributed by atoms with van der Waals surface area (Å²) in [6.07, 6.45) is 1.58. The zero-order valence-electron chi connectivity index (χ0n) is 5.44. The van der Waals surface area contributed by atoms with E-state index in [1.807, 2.05) is 0 Å². The van der Waals surface area contributed by atoms with E-state index in [4.69, 9.17) is 0 Å². The number of alkyl halides is 2. The zero-order chi connectivity index (χ0) is 7.35. The van der Waals surface area contributed by atoms with Crippen LogP contribution in [0.2, 0.25) is 0 Å². The van der Waals surface area contributed by atoms with Gasteiger partial charge in [-0.2, -0.15) is 0 Å². The maximum absolute atomic E-state index is 12.5. The zero-order valence-corrected chi connectivity index (χ0v) is 5.44. The first-order valence-electron chi connectivity index (χ1n) is 3.54. The average molecular weight is 146 g/mol. The number of ketones is 1. The van der Waals surface area contributed by atoms with Crippen molar-refractivity contribution in [1.82, 2.24) is 0 Å². The third-order valence-electron chi connectivity index (χ3n) is 2.49. The van der Waals surface area contributed by atoms with Crippen LogP contribution in [0.3, 0.4) is 0 Å². The van der Waals surface area contributed by atoms with Crippen molar-refractivity contribution in [3.63, 3.8) is 0 Å². The van der Waals surface area contributed by atoms with Gasteiger partial charge in [-0.05, 0) is 12.8 Å². The minimum Gasteiger partial charge on any atom is -0.299 e. The molecule has 2 aliphatic rings. The van der Waals surface area contributed by atoms with E-state index >= 15 is 0 Å². The summed E-state index contributed by atoms with van der Waals surface area (Å²) < 4.78 is 25.1. The van der Waals surface area contributed by atoms with Crippen LogP contribution in [-0.2, 0) is 4.79 Å². The second kappa shape index (κ2) is 1.57. The molecule has 10 heavy (non-hydrogen) atoms. The monoisotopic (exact) mass is 146 g/mol. The molecule has 2 atom stereocenters. The molecule has 0 amide bonds. The second-order valence-corrected chi connectivity index (χ2v) is 3.12. The van der Waals surface area contributed by atoms with Gasteiger partial charge in [0.05, 0.1) is 5.92 Å². The van der Waals surface area contributed by atoms with Gasteiger partial charge in [0.2, 0.25) is 0 Å². The Morgan fingerprint density at radius 3 is 2.70 bits per heavy atom. The fraction of sp³-hybridized carbons (Fsp3) is 0.857. The minimum absolute atomic E-state index is 0.221. The summed E-state index contributed by atoms with van der Waals surface area (Å²) in [7, 11) is 0. The number of carbonyl (C=O) groups is 1. The Hall–Kier alpha value is -0.470. The quantitative estimate of drug-likeness (QED) is 0.507. The molecule has 56 valence electrons. The molecule has 0 aromatic heterocycles. The maximum Gasteiger partial charge on any atom is 0.261 e. The molecule has 2 aliphatic carbocycles. The van der Waals surface area contributed by atoms with Crippen LogP contribution in [0.15, 0.2) is 0 Å². The van der Waals surface area contributed by atoms with E-state index in [1.54, 1.807) is 0 Å². The molecule has 0 heterocycles. The van der Waals surface area contributed by atoms with Crippen LogP contribution in [0.5, 0.6) is 0 Å². The van der Waals surface area contributed by atoms with E-state index in [0.29, 0.717) is 19.3 Å². The van der Waals surface area contributed by atoms with Crippen LogP contribution in [0.1, 0.15) is 19.3 Å². The molecule has 1 nitrogen and oxygen atoms in total. The smallest absolute Gasteiger partial charge is 0.261 e. The fourth-order valence-corrected chi connectivity index (χ4v) is 1.84. The molecule has 2 unspecified atom stereocenters. The number of fused-ring (bicyclic) bond motifs is 1. The highest BCUT2D eigenvalue weighted by Crippen LogP contribution is 2.60. The number of carbonyl (C=O) groups excluding carboxylic acids is 1. The van der Waals surface area contributed by atoms with Crippen LogP contribution in [0, 0.1) is 11.8 Å². The van der Waals surface area contributed by atoms with Crippen molar-refractivity contribution in [3.8, 4) is 0 Å². The highest BCUT2D eigenvalue weighted by atomic mass is 19.3. The van der Waals surface area contributed by atoms with Crippen LogP contribution in [-0.4, -0.2) is 11.7 Å². The van der Waals surface area contributed by atoms with Gasteiger partial charge in [-0.25, -0.2) is 8.78 Å². The summed E-state index contributed by atoms with van der Waals surface area (Å²) in [5.74, 6) is -4.33. The van der Waals surface area contributed by atoms with Gasteiger partial charge < -0.3 is 0 Å². The van der Waals surface area contributed by atoms with Crippen molar-refractivity contribution in [3.05, 3.63) is 0 Å². The lowest BCUT2D eigenvalue weighted by atomic mass is 10.00. The average Bonchev–Trinajstić information content (AvgIpc) is 2.38. The highest BCUT2D eigenvalue weighted by Gasteiger charge is 2.71. The molecule has 3 heteroatoms. The largest absolute Gasteiger partial charge is 0.299 e. The van der Waals surface area contributed by atoms with Gasteiger partial charge in [0.1, 0.15) is 5.78 Å². The molecule has 0 bridgehead atoms. The van der Waals surface area contributed by atoms with E-state index in [2.05, 4.69) is 0 Å². The Bertz CT molecular complexity index is 188. The Morgan fingerprint density at radius 1 is 1.50 bits per heavy atom. The number of halogens is 2. The third-order valence-corrected chi connectivity index (χ3v) is 2.49. The van der Waals surface area contributed by atoms with Gasteiger partial charge in [-0.15, -0.1) is 0 Å². The van der Waals surface area contributed by atoms with Gasteiger partial charge in [0, 0.05) is 12.3 Å². The predicted molar refractivity (Wildman–Crippen MR) is 30.8 cm³/mol. The van der Waals surface area contributed by atoms with Gasteiger partial charge in [-0.3, -0.25) is 4.79 Å². The van der Waals surface area contributed by atoms with Crippen LogP contribution < -0.4 is 0 Å². The summed E-state index contributed by atoms with van der Waals surface area (Å²) >= 11 is 0. The molecule has 2 rings (SSSR count). The van der Waals surface area contributed by atoms with Crippen molar-refractivity contribution >= 4 is 5.78 Å².